The molecule has 0 aliphatic heterocycles. The molecule has 1 aromatic carbocycles. The molecule has 0 heterocycles. The molecule has 0 spiro atoms. The number of benzene rings is 1. The predicted molar refractivity (Wildman–Crippen MR) is 79.0 cm³/mol. The first kappa shape index (κ1) is 15.8. The summed E-state index contributed by atoms with van der Waals surface area (Å²) in [6.07, 6.45) is 2.19. The molecule has 0 saturated carbocycles. The average molecular weight is 349 g/mol. The molecule has 0 radical (unpaired) electrons. The number of hydrogen-bond donors (Lipinski definition) is 1. The third-order valence-corrected chi connectivity index (χ3v) is 4.63. The average Bonchev–Trinajstić information content (AvgIpc) is 2.41. The maximum atomic E-state index is 12.2. The van der Waals surface area contributed by atoms with Gasteiger partial charge in [-0.3, -0.25) is 14.8 Å². The Kier molecular flexibility index (Phi) is 4.27. The highest BCUT2D eigenvalue weighted by molar-refractivity contribution is 7.89. The number of halogens is 2. The number of sulfonamides is 1. The predicted octanol–water partition coefficient (Wildman–Crippen LogP) is 2.59. The van der Waals surface area contributed by atoms with Crippen LogP contribution in [-0.4, -0.2) is 17.7 Å². The van der Waals surface area contributed by atoms with Crippen LogP contribution < -0.4 is 4.72 Å². The molecule has 2 rings (SSSR count). The Morgan fingerprint density at radius 1 is 1.24 bits per heavy atom. The second kappa shape index (κ2) is 5.67. The van der Waals surface area contributed by atoms with Gasteiger partial charge in [0.25, 0.3) is 15.7 Å². The van der Waals surface area contributed by atoms with E-state index in [4.69, 9.17) is 23.2 Å². The van der Waals surface area contributed by atoms with Gasteiger partial charge in [-0.15, -0.1) is 0 Å². The lowest BCUT2D eigenvalue weighted by atomic mass is 10.1. The van der Waals surface area contributed by atoms with E-state index < -0.39 is 19.3 Å². The van der Waals surface area contributed by atoms with Gasteiger partial charge < -0.3 is 0 Å². The molecule has 1 aromatic rings. The minimum Gasteiger partial charge on any atom is -0.273 e. The van der Waals surface area contributed by atoms with Gasteiger partial charge in [-0.1, -0.05) is 41.4 Å². The SMILES string of the molecule is O=[N+]([O-])C1=C(NS(=O)(=O)c2ccccc2)C=CC(Cl)(Cl)C1. The Bertz CT molecular complexity index is 727. The number of hydrogen-bond acceptors (Lipinski definition) is 4. The van der Waals surface area contributed by atoms with Crippen molar-refractivity contribution in [2.24, 2.45) is 0 Å². The van der Waals surface area contributed by atoms with Gasteiger partial charge in [0.2, 0.25) is 0 Å². The van der Waals surface area contributed by atoms with E-state index in [2.05, 4.69) is 4.72 Å². The van der Waals surface area contributed by atoms with Crippen LogP contribution in [0.5, 0.6) is 0 Å². The molecule has 1 aliphatic rings. The minimum atomic E-state index is -3.91. The highest BCUT2D eigenvalue weighted by atomic mass is 35.5. The Morgan fingerprint density at radius 2 is 1.86 bits per heavy atom. The summed E-state index contributed by atoms with van der Waals surface area (Å²) < 4.78 is 25.1. The molecule has 0 bridgehead atoms. The van der Waals surface area contributed by atoms with Crippen molar-refractivity contribution in [1.29, 1.82) is 0 Å². The minimum absolute atomic E-state index is 0.00202. The van der Waals surface area contributed by atoms with Crippen molar-refractivity contribution in [3.8, 4) is 0 Å². The zero-order valence-corrected chi connectivity index (χ0v) is 12.8. The van der Waals surface area contributed by atoms with Crippen LogP contribution in [0.4, 0.5) is 0 Å². The van der Waals surface area contributed by atoms with Crippen LogP contribution in [0.3, 0.4) is 0 Å². The molecule has 1 aliphatic carbocycles. The number of nitrogens with one attached hydrogen (secondary N) is 1. The highest BCUT2D eigenvalue weighted by Gasteiger charge is 2.35. The molecule has 9 heteroatoms. The Balaban J connectivity index is 2.38. The quantitative estimate of drug-likeness (QED) is 0.514. The summed E-state index contributed by atoms with van der Waals surface area (Å²) in [6.45, 7) is 0. The van der Waals surface area contributed by atoms with Crippen molar-refractivity contribution in [1.82, 2.24) is 4.72 Å². The van der Waals surface area contributed by atoms with Crippen LogP contribution >= 0.6 is 23.2 Å². The zero-order valence-electron chi connectivity index (χ0n) is 10.5. The van der Waals surface area contributed by atoms with E-state index >= 15 is 0 Å². The first-order valence-electron chi connectivity index (χ1n) is 5.74. The summed E-state index contributed by atoms with van der Waals surface area (Å²) in [7, 11) is -3.91. The second-order valence-electron chi connectivity index (χ2n) is 4.31. The number of allylic oxidation sites excluding steroid dienone is 3. The summed E-state index contributed by atoms with van der Waals surface area (Å²) in [4.78, 5) is 10.3. The van der Waals surface area contributed by atoms with E-state index in [-0.39, 0.29) is 22.7 Å². The van der Waals surface area contributed by atoms with E-state index in [1.165, 1.54) is 24.3 Å². The summed E-state index contributed by atoms with van der Waals surface area (Å²) in [5.74, 6) is 0. The number of nitrogens with zero attached hydrogens (tertiary/aromatic N) is 1. The van der Waals surface area contributed by atoms with Crippen LogP contribution in [0.2, 0.25) is 0 Å². The van der Waals surface area contributed by atoms with E-state index in [0.717, 1.165) is 0 Å². The van der Waals surface area contributed by atoms with Gasteiger partial charge in [0.15, 0.2) is 0 Å². The van der Waals surface area contributed by atoms with Crippen molar-refractivity contribution < 1.29 is 13.3 Å². The fourth-order valence-electron chi connectivity index (χ4n) is 1.74. The zero-order chi connectivity index (χ0) is 15.7. The van der Waals surface area contributed by atoms with Gasteiger partial charge in [-0.05, 0) is 24.3 Å². The third kappa shape index (κ3) is 3.75. The lowest BCUT2D eigenvalue weighted by molar-refractivity contribution is -0.429. The maximum absolute atomic E-state index is 12.2. The summed E-state index contributed by atoms with van der Waals surface area (Å²) in [6, 6.07) is 7.53. The lowest BCUT2D eigenvalue weighted by Crippen LogP contribution is -2.29. The standard InChI is InChI=1S/C12H10Cl2N2O4S/c13-12(14)7-6-10(11(8-12)16(17)18)15-21(19,20)9-4-2-1-3-5-9/h1-7,15H,8H2. The summed E-state index contributed by atoms with van der Waals surface area (Å²) >= 11 is 11.7. The monoisotopic (exact) mass is 348 g/mol. The van der Waals surface area contributed by atoms with Crippen molar-refractivity contribution >= 4 is 33.2 Å². The van der Waals surface area contributed by atoms with Gasteiger partial charge in [-0.25, -0.2) is 8.42 Å². The number of alkyl halides is 2. The lowest BCUT2D eigenvalue weighted by Gasteiger charge is -2.19. The molecular weight excluding hydrogens is 339 g/mol. The number of rotatable bonds is 4. The highest BCUT2D eigenvalue weighted by Crippen LogP contribution is 2.35. The smallest absolute Gasteiger partial charge is 0.273 e. The van der Waals surface area contributed by atoms with Crippen molar-refractivity contribution in [3.63, 3.8) is 0 Å². The summed E-state index contributed by atoms with van der Waals surface area (Å²) in [5.41, 5.74) is -0.539. The fourth-order valence-corrected chi connectivity index (χ4v) is 3.23. The van der Waals surface area contributed by atoms with Crippen molar-refractivity contribution in [2.75, 3.05) is 0 Å². The first-order valence-corrected chi connectivity index (χ1v) is 7.98. The molecule has 0 atom stereocenters. The van der Waals surface area contributed by atoms with Gasteiger partial charge in [0, 0.05) is 0 Å². The molecule has 6 nitrogen and oxygen atoms in total. The van der Waals surface area contributed by atoms with E-state index in [1.54, 1.807) is 18.2 Å². The van der Waals surface area contributed by atoms with E-state index in [0.29, 0.717) is 0 Å². The summed E-state index contributed by atoms with van der Waals surface area (Å²) in [5, 5.41) is 11.0. The van der Waals surface area contributed by atoms with Crippen molar-refractivity contribution in [2.45, 2.75) is 15.6 Å². The van der Waals surface area contributed by atoms with Crippen LogP contribution in [0.25, 0.3) is 0 Å². The van der Waals surface area contributed by atoms with Gasteiger partial charge in [0.1, 0.15) is 10.0 Å². The van der Waals surface area contributed by atoms with Gasteiger partial charge in [-0.2, -0.15) is 0 Å². The molecule has 1 N–H and O–H groups in total. The molecule has 21 heavy (non-hydrogen) atoms. The van der Waals surface area contributed by atoms with Crippen LogP contribution in [0.1, 0.15) is 6.42 Å². The normalized spacial score (nSPS) is 17.6. The van der Waals surface area contributed by atoms with Gasteiger partial charge >= 0.3 is 0 Å². The molecule has 0 saturated heterocycles. The molecule has 0 fully saturated rings. The molecule has 0 aromatic heterocycles. The van der Waals surface area contributed by atoms with E-state index in [1.807, 2.05) is 0 Å². The van der Waals surface area contributed by atoms with Crippen molar-refractivity contribution in [3.05, 3.63) is 64.0 Å². The first-order chi connectivity index (χ1) is 9.71. The van der Waals surface area contributed by atoms with Gasteiger partial charge in [0.05, 0.1) is 16.2 Å². The maximum Gasteiger partial charge on any atom is 0.273 e. The molecule has 0 amide bonds. The van der Waals surface area contributed by atoms with Crippen LogP contribution in [0.15, 0.2) is 58.8 Å². The molecule has 112 valence electrons. The van der Waals surface area contributed by atoms with E-state index in [9.17, 15) is 18.5 Å². The topological polar surface area (TPSA) is 89.3 Å². The molecular formula is C12H10Cl2N2O4S. The third-order valence-electron chi connectivity index (χ3n) is 2.73. The fraction of sp³-hybridized carbons (Fsp3) is 0.167. The Labute approximate surface area is 131 Å². The Morgan fingerprint density at radius 3 is 2.43 bits per heavy atom. The largest absolute Gasteiger partial charge is 0.273 e. The number of nitro groups is 1. The second-order valence-corrected chi connectivity index (χ2v) is 7.53. The molecule has 0 unspecified atom stereocenters. The van der Waals surface area contributed by atoms with Crippen LogP contribution in [0, 0.1) is 10.1 Å². The Hall–Kier alpha value is -1.57. The van der Waals surface area contributed by atoms with Crippen LogP contribution in [-0.2, 0) is 10.0 Å².